The Labute approximate surface area is 198 Å². The van der Waals surface area contributed by atoms with Crippen molar-refractivity contribution in [1.82, 2.24) is 4.98 Å². The fourth-order valence-electron chi connectivity index (χ4n) is 3.20. The number of hydrogen-bond acceptors (Lipinski definition) is 9. The van der Waals surface area contributed by atoms with E-state index in [-0.39, 0.29) is 0 Å². The minimum absolute atomic E-state index is 0.414. The third-order valence-electron chi connectivity index (χ3n) is 4.81. The highest BCUT2D eigenvalue weighted by atomic mass is 35.5. The van der Waals surface area contributed by atoms with Crippen LogP contribution < -0.4 is 20.3 Å². The SMILES string of the molecule is COC(=O)c1sc(N/N=c2\cc(-c3ccc(OC)c(OC)c3)oc3ccc(Cl)cc23)nc1C. The van der Waals surface area contributed by atoms with Gasteiger partial charge in [-0.15, -0.1) is 0 Å². The molecule has 33 heavy (non-hydrogen) atoms. The minimum atomic E-state index is -0.440. The van der Waals surface area contributed by atoms with Crippen molar-refractivity contribution in [2.24, 2.45) is 5.10 Å². The number of carbonyl (C=O) groups excluding carboxylic acids is 1. The zero-order chi connectivity index (χ0) is 23.5. The van der Waals surface area contributed by atoms with Crippen LogP contribution in [0.1, 0.15) is 15.4 Å². The average Bonchev–Trinajstić information content (AvgIpc) is 3.21. The molecule has 2 aromatic heterocycles. The van der Waals surface area contributed by atoms with Gasteiger partial charge in [0.1, 0.15) is 16.2 Å². The number of rotatable bonds is 6. The van der Waals surface area contributed by atoms with Crippen molar-refractivity contribution in [3.8, 4) is 22.8 Å². The summed E-state index contributed by atoms with van der Waals surface area (Å²) in [5.74, 6) is 1.31. The van der Waals surface area contributed by atoms with Crippen molar-refractivity contribution in [2.75, 3.05) is 26.8 Å². The number of nitrogens with zero attached hydrogens (tertiary/aromatic N) is 2. The molecule has 0 aliphatic carbocycles. The highest BCUT2D eigenvalue weighted by Gasteiger charge is 2.16. The molecular weight excluding hydrogens is 466 g/mol. The van der Waals surface area contributed by atoms with Crippen LogP contribution in [0.15, 0.2) is 52.0 Å². The number of anilines is 1. The van der Waals surface area contributed by atoms with Crippen molar-refractivity contribution >= 4 is 45.0 Å². The van der Waals surface area contributed by atoms with E-state index in [0.717, 1.165) is 16.9 Å². The monoisotopic (exact) mass is 485 g/mol. The van der Waals surface area contributed by atoms with Crippen molar-refractivity contribution in [3.05, 3.63) is 63.4 Å². The summed E-state index contributed by atoms with van der Waals surface area (Å²) in [6, 6.07) is 12.6. The molecule has 0 aliphatic rings. The molecule has 0 aliphatic heterocycles. The van der Waals surface area contributed by atoms with Crippen LogP contribution in [0.25, 0.3) is 22.3 Å². The maximum Gasteiger partial charge on any atom is 0.350 e. The van der Waals surface area contributed by atoms with Gasteiger partial charge in [-0.1, -0.05) is 22.9 Å². The van der Waals surface area contributed by atoms with Gasteiger partial charge < -0.3 is 18.6 Å². The lowest BCUT2D eigenvalue weighted by Crippen LogP contribution is -2.07. The lowest BCUT2D eigenvalue weighted by atomic mass is 10.1. The van der Waals surface area contributed by atoms with Crippen LogP contribution in [0.4, 0.5) is 5.13 Å². The van der Waals surface area contributed by atoms with E-state index in [2.05, 4.69) is 15.5 Å². The van der Waals surface area contributed by atoms with E-state index in [9.17, 15) is 4.79 Å². The van der Waals surface area contributed by atoms with Gasteiger partial charge in [0.2, 0.25) is 5.13 Å². The van der Waals surface area contributed by atoms with Crippen molar-refractivity contribution in [3.63, 3.8) is 0 Å². The summed E-state index contributed by atoms with van der Waals surface area (Å²) in [6.07, 6.45) is 0. The van der Waals surface area contributed by atoms with Gasteiger partial charge in [-0.05, 0) is 43.3 Å². The number of ether oxygens (including phenoxy) is 3. The fraction of sp³-hybridized carbons (Fsp3) is 0.174. The largest absolute Gasteiger partial charge is 0.493 e. The highest BCUT2D eigenvalue weighted by Crippen LogP contribution is 2.33. The molecule has 2 heterocycles. The summed E-state index contributed by atoms with van der Waals surface area (Å²) < 4.78 is 21.6. The van der Waals surface area contributed by atoms with Gasteiger partial charge in [-0.3, -0.25) is 5.43 Å². The number of fused-ring (bicyclic) bond motifs is 1. The molecule has 0 radical (unpaired) electrons. The number of benzene rings is 2. The first-order chi connectivity index (χ1) is 15.9. The number of thiazole rings is 1. The topological polar surface area (TPSA) is 95.2 Å². The second-order valence-corrected chi connectivity index (χ2v) is 8.29. The standard InChI is InChI=1S/C23H20ClN3O5S/c1-12-21(22(28)31-4)33-23(25-12)27-26-16-11-19(32-17-8-6-14(24)10-15(16)17)13-5-7-18(29-2)20(9-13)30-3/h5-11H,1-4H3,(H,25,27)/b26-16+. The molecule has 4 rings (SSSR count). The molecule has 2 aromatic carbocycles. The Bertz CT molecular complexity index is 1410. The summed E-state index contributed by atoms with van der Waals surface area (Å²) in [7, 11) is 4.48. The fourth-order valence-corrected chi connectivity index (χ4v) is 4.20. The molecule has 4 aromatic rings. The van der Waals surface area contributed by atoms with Crippen LogP contribution >= 0.6 is 22.9 Å². The van der Waals surface area contributed by atoms with Crippen LogP contribution in [0.5, 0.6) is 11.5 Å². The summed E-state index contributed by atoms with van der Waals surface area (Å²) >= 11 is 7.38. The van der Waals surface area contributed by atoms with Gasteiger partial charge in [0.05, 0.1) is 32.4 Å². The Morgan fingerprint density at radius 3 is 2.61 bits per heavy atom. The van der Waals surface area contributed by atoms with Crippen molar-refractivity contribution in [2.45, 2.75) is 6.92 Å². The molecule has 0 fully saturated rings. The number of esters is 1. The van der Waals surface area contributed by atoms with Crippen molar-refractivity contribution in [1.29, 1.82) is 0 Å². The van der Waals surface area contributed by atoms with Crippen LogP contribution in [-0.4, -0.2) is 32.3 Å². The molecule has 0 bridgehead atoms. The number of hydrogen-bond donors (Lipinski definition) is 1. The summed E-state index contributed by atoms with van der Waals surface area (Å²) in [6.45, 7) is 1.74. The molecule has 0 saturated carbocycles. The van der Waals surface area contributed by atoms with E-state index >= 15 is 0 Å². The Morgan fingerprint density at radius 2 is 1.88 bits per heavy atom. The van der Waals surface area contributed by atoms with Gasteiger partial charge in [-0.25, -0.2) is 9.78 Å². The zero-order valence-electron chi connectivity index (χ0n) is 18.3. The van der Waals surface area contributed by atoms with Gasteiger partial charge in [-0.2, -0.15) is 5.10 Å². The molecule has 8 nitrogen and oxygen atoms in total. The van der Waals surface area contributed by atoms with Gasteiger partial charge in [0.25, 0.3) is 0 Å². The van der Waals surface area contributed by atoms with Crippen LogP contribution in [-0.2, 0) is 4.74 Å². The first-order valence-corrected chi connectivity index (χ1v) is 10.9. The lowest BCUT2D eigenvalue weighted by Gasteiger charge is -2.10. The van der Waals surface area contributed by atoms with E-state index < -0.39 is 5.97 Å². The molecular formula is C23H20ClN3O5S. The van der Waals surface area contributed by atoms with Crippen LogP contribution in [0.3, 0.4) is 0 Å². The third-order valence-corrected chi connectivity index (χ3v) is 6.09. The van der Waals surface area contributed by atoms with E-state index in [1.807, 2.05) is 12.1 Å². The second kappa shape index (κ2) is 9.51. The summed E-state index contributed by atoms with van der Waals surface area (Å²) in [4.78, 5) is 16.6. The first-order valence-electron chi connectivity index (χ1n) is 9.74. The number of halogens is 1. The highest BCUT2D eigenvalue weighted by molar-refractivity contribution is 7.17. The predicted octanol–water partition coefficient (Wildman–Crippen LogP) is 5.25. The predicted molar refractivity (Wildman–Crippen MR) is 127 cm³/mol. The number of aryl methyl sites for hydroxylation is 1. The van der Waals surface area contributed by atoms with Gasteiger partial charge in [0.15, 0.2) is 11.5 Å². The summed E-state index contributed by atoms with van der Waals surface area (Å²) in [5.41, 5.74) is 4.86. The molecule has 0 amide bonds. The average molecular weight is 486 g/mol. The van der Waals surface area contributed by atoms with E-state index in [0.29, 0.717) is 54.3 Å². The zero-order valence-corrected chi connectivity index (χ0v) is 19.8. The molecule has 170 valence electrons. The maximum atomic E-state index is 11.9. The molecule has 0 saturated heterocycles. The quantitative estimate of drug-likeness (QED) is 0.294. The number of methoxy groups -OCH3 is 3. The van der Waals surface area contributed by atoms with Crippen LogP contribution in [0.2, 0.25) is 5.02 Å². The normalized spacial score (nSPS) is 11.5. The summed E-state index contributed by atoms with van der Waals surface area (Å²) in [5, 5.41) is 6.81. The van der Waals surface area contributed by atoms with Gasteiger partial charge in [0, 0.05) is 22.0 Å². The minimum Gasteiger partial charge on any atom is -0.493 e. The Hall–Kier alpha value is -3.56. The Morgan fingerprint density at radius 1 is 1.09 bits per heavy atom. The molecule has 10 heteroatoms. The van der Waals surface area contributed by atoms with E-state index in [4.69, 9.17) is 30.2 Å². The Kier molecular flexibility index (Phi) is 6.52. The smallest absolute Gasteiger partial charge is 0.350 e. The van der Waals surface area contributed by atoms with Crippen molar-refractivity contribution < 1.29 is 23.4 Å². The first kappa shape index (κ1) is 22.6. The Balaban J connectivity index is 1.82. The van der Waals surface area contributed by atoms with Crippen LogP contribution in [0, 0.1) is 6.92 Å². The number of carbonyl (C=O) groups is 1. The maximum absolute atomic E-state index is 11.9. The molecule has 1 N–H and O–H groups in total. The molecule has 0 atom stereocenters. The molecule has 0 spiro atoms. The number of aromatic nitrogens is 1. The van der Waals surface area contributed by atoms with E-state index in [1.54, 1.807) is 51.5 Å². The number of nitrogens with one attached hydrogen (secondary N) is 1. The second-order valence-electron chi connectivity index (χ2n) is 6.85. The van der Waals surface area contributed by atoms with Gasteiger partial charge >= 0.3 is 5.97 Å². The van der Waals surface area contributed by atoms with E-state index in [1.165, 1.54) is 7.11 Å². The lowest BCUT2D eigenvalue weighted by molar-refractivity contribution is 0.0605. The molecule has 0 unspecified atom stereocenters. The third kappa shape index (κ3) is 4.64.